The summed E-state index contributed by atoms with van der Waals surface area (Å²) >= 11 is 0. The molecule has 0 fully saturated rings. The van der Waals surface area contributed by atoms with Crippen molar-refractivity contribution in [1.82, 2.24) is 0 Å². The highest BCUT2D eigenvalue weighted by Gasteiger charge is 2.13. The molecule has 84 valence electrons. The first kappa shape index (κ1) is 12.2. The first-order valence-electron chi connectivity index (χ1n) is 4.85. The van der Waals surface area contributed by atoms with Crippen LogP contribution in [0.5, 0.6) is 5.75 Å². The number of ketones is 1. The molecule has 4 nitrogen and oxygen atoms in total. The molecule has 0 aliphatic rings. The fraction of sp³-hybridized carbons (Fsp3) is 0.250. The molecule has 4 heteroatoms. The number of rotatable bonds is 5. The van der Waals surface area contributed by atoms with Gasteiger partial charge < -0.3 is 10.5 Å². The molecule has 0 aliphatic carbocycles. The van der Waals surface area contributed by atoms with Gasteiger partial charge in [-0.05, 0) is 25.1 Å². The fourth-order valence-corrected chi connectivity index (χ4v) is 1.29. The van der Waals surface area contributed by atoms with Gasteiger partial charge in [-0.15, -0.1) is 0 Å². The molecule has 0 aromatic heterocycles. The second-order valence-electron chi connectivity index (χ2n) is 3.18. The molecular formula is C12H13NO3. The highest BCUT2D eigenvalue weighted by Crippen LogP contribution is 2.15. The van der Waals surface area contributed by atoms with Crippen LogP contribution in [-0.2, 0) is 4.79 Å². The fourth-order valence-electron chi connectivity index (χ4n) is 1.29. The van der Waals surface area contributed by atoms with Gasteiger partial charge in [0.25, 0.3) is 0 Å². The standard InChI is InChI=1S/C12H13NO3/c1-16-11-4-2-3-9(7-11)12(15)10(8-14)5-6-13/h2-4,7H,5-6,13H2,1H3. The Morgan fingerprint density at radius 1 is 1.50 bits per heavy atom. The van der Waals surface area contributed by atoms with E-state index in [2.05, 4.69) is 0 Å². The molecule has 1 aromatic carbocycles. The summed E-state index contributed by atoms with van der Waals surface area (Å²) in [6.45, 7) is 0.250. The van der Waals surface area contributed by atoms with Crippen LogP contribution in [0.25, 0.3) is 0 Å². The number of carbonyl (C=O) groups is 1. The molecule has 1 rings (SSSR count). The lowest BCUT2D eigenvalue weighted by Crippen LogP contribution is -2.09. The van der Waals surface area contributed by atoms with Crippen molar-refractivity contribution < 1.29 is 14.3 Å². The smallest absolute Gasteiger partial charge is 0.200 e. The summed E-state index contributed by atoms with van der Waals surface area (Å²) in [6, 6.07) is 6.62. The van der Waals surface area contributed by atoms with Gasteiger partial charge in [-0.3, -0.25) is 4.79 Å². The molecule has 0 amide bonds. The number of nitrogens with two attached hydrogens (primary N) is 1. The summed E-state index contributed by atoms with van der Waals surface area (Å²) in [4.78, 5) is 22.4. The lowest BCUT2D eigenvalue weighted by molar-refractivity contribution is 0.103. The minimum absolute atomic E-state index is 0.0655. The third-order valence-electron chi connectivity index (χ3n) is 2.12. The maximum absolute atomic E-state index is 11.8. The number of Topliss-reactive ketones (excluding diaryl/α,β-unsaturated/α-hetero) is 1. The molecule has 0 radical (unpaired) electrons. The largest absolute Gasteiger partial charge is 0.497 e. The zero-order valence-electron chi connectivity index (χ0n) is 9.03. The molecule has 1 aromatic rings. The van der Waals surface area contributed by atoms with Crippen LogP contribution in [0.4, 0.5) is 0 Å². The molecule has 0 heterocycles. The Morgan fingerprint density at radius 3 is 2.81 bits per heavy atom. The Kier molecular flexibility index (Phi) is 4.45. The molecule has 0 spiro atoms. The molecule has 0 saturated heterocycles. The average Bonchev–Trinajstić information content (AvgIpc) is 2.35. The van der Waals surface area contributed by atoms with Gasteiger partial charge in [0.15, 0.2) is 5.78 Å². The van der Waals surface area contributed by atoms with Crippen molar-refractivity contribution in [3.05, 3.63) is 35.4 Å². The van der Waals surface area contributed by atoms with Gasteiger partial charge in [-0.1, -0.05) is 12.1 Å². The zero-order chi connectivity index (χ0) is 12.0. The predicted molar refractivity (Wildman–Crippen MR) is 60.2 cm³/mol. The van der Waals surface area contributed by atoms with Crippen LogP contribution in [-0.4, -0.2) is 25.4 Å². The molecule has 0 atom stereocenters. The first-order chi connectivity index (χ1) is 7.72. The maximum atomic E-state index is 11.8. The Hall–Kier alpha value is -1.90. The van der Waals surface area contributed by atoms with Crippen molar-refractivity contribution in [2.45, 2.75) is 6.42 Å². The molecule has 0 bridgehead atoms. The van der Waals surface area contributed by atoms with E-state index in [4.69, 9.17) is 10.5 Å². The Bertz CT molecular complexity index is 434. The molecule has 0 unspecified atom stereocenters. The Balaban J connectivity index is 2.99. The van der Waals surface area contributed by atoms with E-state index in [-0.39, 0.29) is 24.3 Å². The summed E-state index contributed by atoms with van der Waals surface area (Å²) < 4.78 is 4.99. The van der Waals surface area contributed by atoms with Gasteiger partial charge in [-0.25, -0.2) is 4.79 Å². The number of carbonyl (C=O) groups excluding carboxylic acids is 2. The average molecular weight is 219 g/mol. The van der Waals surface area contributed by atoms with Gasteiger partial charge in [0.1, 0.15) is 11.7 Å². The van der Waals surface area contributed by atoms with Crippen molar-refractivity contribution in [3.63, 3.8) is 0 Å². The number of methoxy groups -OCH3 is 1. The van der Waals surface area contributed by atoms with E-state index < -0.39 is 0 Å². The predicted octanol–water partition coefficient (Wildman–Crippen LogP) is 0.985. The number of ether oxygens (including phenoxy) is 1. The first-order valence-corrected chi connectivity index (χ1v) is 4.85. The zero-order valence-corrected chi connectivity index (χ0v) is 9.03. The van der Waals surface area contributed by atoms with E-state index >= 15 is 0 Å². The molecule has 2 N–H and O–H groups in total. The quantitative estimate of drug-likeness (QED) is 0.455. The van der Waals surface area contributed by atoms with Gasteiger partial charge in [0.2, 0.25) is 0 Å². The van der Waals surface area contributed by atoms with Crippen molar-refractivity contribution in [3.8, 4) is 5.75 Å². The highest BCUT2D eigenvalue weighted by molar-refractivity contribution is 6.13. The van der Waals surface area contributed by atoms with Crippen molar-refractivity contribution >= 4 is 11.7 Å². The Morgan fingerprint density at radius 2 is 2.25 bits per heavy atom. The summed E-state index contributed by atoms with van der Waals surface area (Å²) in [5.41, 5.74) is 5.77. The monoisotopic (exact) mass is 219 g/mol. The lowest BCUT2D eigenvalue weighted by atomic mass is 10.0. The Labute approximate surface area is 93.7 Å². The topological polar surface area (TPSA) is 69.4 Å². The number of hydrogen-bond acceptors (Lipinski definition) is 4. The van der Waals surface area contributed by atoms with Crippen LogP contribution >= 0.6 is 0 Å². The van der Waals surface area contributed by atoms with Crippen molar-refractivity contribution in [2.24, 2.45) is 5.73 Å². The molecule has 16 heavy (non-hydrogen) atoms. The van der Waals surface area contributed by atoms with Gasteiger partial charge in [-0.2, -0.15) is 0 Å². The van der Waals surface area contributed by atoms with Crippen molar-refractivity contribution in [1.29, 1.82) is 0 Å². The normalized spacial score (nSPS) is 9.38. The van der Waals surface area contributed by atoms with Crippen LogP contribution in [0, 0.1) is 0 Å². The summed E-state index contributed by atoms with van der Waals surface area (Å²) in [6.07, 6.45) is 0.236. The number of benzene rings is 1. The van der Waals surface area contributed by atoms with Gasteiger partial charge in [0.05, 0.1) is 12.7 Å². The van der Waals surface area contributed by atoms with Crippen LogP contribution < -0.4 is 10.5 Å². The third kappa shape index (κ3) is 2.79. The van der Waals surface area contributed by atoms with E-state index in [1.807, 2.05) is 0 Å². The van der Waals surface area contributed by atoms with E-state index in [0.29, 0.717) is 11.3 Å². The molecule has 0 aliphatic heterocycles. The van der Waals surface area contributed by atoms with Crippen LogP contribution in [0.2, 0.25) is 0 Å². The maximum Gasteiger partial charge on any atom is 0.200 e. The lowest BCUT2D eigenvalue weighted by Gasteiger charge is -2.03. The van der Waals surface area contributed by atoms with E-state index in [1.54, 1.807) is 30.2 Å². The SMILES string of the molecule is COc1cccc(C(=O)C(=C=O)CCN)c1. The van der Waals surface area contributed by atoms with Crippen molar-refractivity contribution in [2.75, 3.05) is 13.7 Å². The van der Waals surface area contributed by atoms with Gasteiger partial charge >= 0.3 is 0 Å². The van der Waals surface area contributed by atoms with E-state index in [9.17, 15) is 9.59 Å². The second-order valence-corrected chi connectivity index (χ2v) is 3.18. The third-order valence-corrected chi connectivity index (χ3v) is 2.12. The minimum Gasteiger partial charge on any atom is -0.497 e. The van der Waals surface area contributed by atoms with Crippen LogP contribution in [0.3, 0.4) is 0 Å². The van der Waals surface area contributed by atoms with Gasteiger partial charge in [0, 0.05) is 5.56 Å². The highest BCUT2D eigenvalue weighted by atomic mass is 16.5. The van der Waals surface area contributed by atoms with E-state index in [0.717, 1.165) is 0 Å². The van der Waals surface area contributed by atoms with Crippen LogP contribution in [0.15, 0.2) is 29.8 Å². The second kappa shape index (κ2) is 5.85. The minimum atomic E-state index is -0.348. The summed E-state index contributed by atoms with van der Waals surface area (Å²) in [7, 11) is 1.51. The molecule has 0 saturated carbocycles. The van der Waals surface area contributed by atoms with E-state index in [1.165, 1.54) is 7.11 Å². The number of hydrogen-bond donors (Lipinski definition) is 1. The summed E-state index contributed by atoms with van der Waals surface area (Å²) in [5.74, 6) is 1.86. The summed E-state index contributed by atoms with van der Waals surface area (Å²) in [5, 5.41) is 0. The van der Waals surface area contributed by atoms with Crippen LogP contribution in [0.1, 0.15) is 16.8 Å². The molecular weight excluding hydrogens is 206 g/mol.